The minimum atomic E-state index is -2.57. The molecule has 1 aromatic heterocycles. The molecule has 4 rings (SSSR count). The van der Waals surface area contributed by atoms with Gasteiger partial charge in [-0.1, -0.05) is 12.1 Å². The number of rotatable bonds is 2. The first-order valence-electron chi connectivity index (χ1n) is 8.11. The minimum Gasteiger partial charge on any atom is -0.487 e. The molecule has 24 heavy (non-hydrogen) atoms. The van der Waals surface area contributed by atoms with Crippen molar-refractivity contribution in [3.05, 3.63) is 58.9 Å². The van der Waals surface area contributed by atoms with E-state index in [9.17, 15) is 8.78 Å². The Kier molecular flexibility index (Phi) is 3.41. The monoisotopic (exact) mass is 328 g/mol. The number of pyridine rings is 1. The quantitative estimate of drug-likeness (QED) is 0.815. The first kappa shape index (κ1) is 15.2. The number of para-hydroxylation sites is 1. The number of aryl methyl sites for hydroxylation is 1. The Labute approximate surface area is 139 Å². The predicted molar refractivity (Wildman–Crippen MR) is 88.1 cm³/mol. The molecule has 0 N–H and O–H groups in total. The van der Waals surface area contributed by atoms with Crippen molar-refractivity contribution in [2.24, 2.45) is 4.99 Å². The van der Waals surface area contributed by atoms with Gasteiger partial charge in [0, 0.05) is 17.3 Å². The van der Waals surface area contributed by atoms with Gasteiger partial charge >= 0.3 is 0 Å². The number of hydrogen-bond donors (Lipinski definition) is 0. The van der Waals surface area contributed by atoms with E-state index in [1.165, 1.54) is 6.20 Å². The molecule has 0 bridgehead atoms. The van der Waals surface area contributed by atoms with Gasteiger partial charge in [0.2, 0.25) is 0 Å². The number of nitrogens with zero attached hydrogens (tertiary/aromatic N) is 2. The van der Waals surface area contributed by atoms with Crippen molar-refractivity contribution >= 4 is 5.71 Å². The van der Waals surface area contributed by atoms with Gasteiger partial charge in [0.15, 0.2) is 0 Å². The molecule has 0 amide bonds. The molecule has 1 saturated carbocycles. The summed E-state index contributed by atoms with van der Waals surface area (Å²) in [6.45, 7) is 3.70. The highest BCUT2D eigenvalue weighted by molar-refractivity contribution is 6.15. The molecule has 1 aromatic carbocycles. The lowest BCUT2D eigenvalue weighted by Crippen LogP contribution is -2.28. The topological polar surface area (TPSA) is 34.5 Å². The minimum absolute atomic E-state index is 0.00876. The first-order chi connectivity index (χ1) is 11.5. The molecule has 0 radical (unpaired) electrons. The molecule has 1 fully saturated rings. The highest BCUT2D eigenvalue weighted by Gasteiger charge is 2.51. The lowest BCUT2D eigenvalue weighted by atomic mass is 10.0. The van der Waals surface area contributed by atoms with Crippen molar-refractivity contribution in [1.82, 2.24) is 4.98 Å². The molecule has 0 saturated heterocycles. The summed E-state index contributed by atoms with van der Waals surface area (Å²) in [6, 6.07) is 9.49. The third-order valence-electron chi connectivity index (χ3n) is 4.90. The third kappa shape index (κ3) is 2.39. The van der Waals surface area contributed by atoms with Crippen LogP contribution in [0.25, 0.3) is 0 Å². The summed E-state index contributed by atoms with van der Waals surface area (Å²) < 4.78 is 32.1. The highest BCUT2D eigenvalue weighted by Crippen LogP contribution is 2.47. The zero-order valence-electron chi connectivity index (χ0n) is 13.6. The molecule has 1 aliphatic heterocycles. The van der Waals surface area contributed by atoms with Crippen LogP contribution in [-0.4, -0.2) is 22.3 Å². The van der Waals surface area contributed by atoms with E-state index in [-0.39, 0.29) is 17.3 Å². The fourth-order valence-corrected chi connectivity index (χ4v) is 3.25. The van der Waals surface area contributed by atoms with E-state index in [1.54, 1.807) is 13.0 Å². The number of benzene rings is 1. The Morgan fingerprint density at radius 3 is 2.67 bits per heavy atom. The fourth-order valence-electron chi connectivity index (χ4n) is 3.25. The third-order valence-corrected chi connectivity index (χ3v) is 4.90. The molecule has 1 spiro atoms. The van der Waals surface area contributed by atoms with Crippen LogP contribution in [0.3, 0.4) is 0 Å². The summed E-state index contributed by atoms with van der Waals surface area (Å²) in [5, 5.41) is 0. The van der Waals surface area contributed by atoms with Crippen LogP contribution in [0, 0.1) is 6.92 Å². The normalized spacial score (nSPS) is 21.0. The van der Waals surface area contributed by atoms with Crippen LogP contribution >= 0.6 is 0 Å². The van der Waals surface area contributed by atoms with E-state index in [2.05, 4.69) is 4.98 Å². The number of fused-ring (bicyclic) bond motifs is 1. The predicted octanol–water partition coefficient (Wildman–Crippen LogP) is 4.48. The second-order valence-corrected chi connectivity index (χ2v) is 6.55. The van der Waals surface area contributed by atoms with E-state index >= 15 is 0 Å². The van der Waals surface area contributed by atoms with Crippen LogP contribution < -0.4 is 4.74 Å². The average molecular weight is 328 g/mol. The maximum atomic E-state index is 13.0. The molecule has 2 aromatic rings. The maximum Gasteiger partial charge on any atom is 0.280 e. The second kappa shape index (κ2) is 5.36. The van der Waals surface area contributed by atoms with Crippen LogP contribution in [0.2, 0.25) is 0 Å². The molecular formula is C19H18F2N2O. The number of aliphatic imine (C=N–C) groups is 1. The molecule has 3 nitrogen and oxygen atoms in total. The largest absolute Gasteiger partial charge is 0.487 e. The Bertz CT molecular complexity index is 828. The molecule has 0 unspecified atom stereocenters. The number of alkyl halides is 2. The van der Waals surface area contributed by atoms with E-state index in [4.69, 9.17) is 9.73 Å². The van der Waals surface area contributed by atoms with Crippen LogP contribution in [0.1, 0.15) is 48.6 Å². The van der Waals surface area contributed by atoms with Crippen molar-refractivity contribution in [3.63, 3.8) is 0 Å². The summed E-state index contributed by atoms with van der Waals surface area (Å²) in [4.78, 5) is 8.96. The van der Waals surface area contributed by atoms with E-state index in [0.717, 1.165) is 35.4 Å². The number of hydrogen-bond acceptors (Lipinski definition) is 3. The average Bonchev–Trinajstić information content (AvgIpc) is 3.35. The van der Waals surface area contributed by atoms with Crippen molar-refractivity contribution in [1.29, 1.82) is 0 Å². The fraction of sp³-hybridized carbons (Fsp3) is 0.368. The zero-order chi connectivity index (χ0) is 16.9. The zero-order valence-corrected chi connectivity index (χ0v) is 13.6. The molecule has 1 aliphatic carbocycles. The van der Waals surface area contributed by atoms with E-state index < -0.39 is 6.43 Å². The SMILES string of the molecule is Cc1cc(C2=NC3(CC3)[C@@H](C)Oc3ccccc32)cnc1C(F)F. The standard InChI is InChI=1S/C19H18F2N2O/c1-11-9-13(10-22-16(11)18(20)21)17-14-5-3-4-6-15(14)24-12(2)19(23-17)7-8-19/h3-6,9-10,12,18H,7-8H2,1-2H3/t12-/m1/s1. The van der Waals surface area contributed by atoms with E-state index in [0.29, 0.717) is 5.56 Å². The van der Waals surface area contributed by atoms with Crippen LogP contribution in [0.4, 0.5) is 8.78 Å². The molecule has 5 heteroatoms. The lowest BCUT2D eigenvalue weighted by molar-refractivity contribution is 0.145. The lowest BCUT2D eigenvalue weighted by Gasteiger charge is -2.18. The van der Waals surface area contributed by atoms with Gasteiger partial charge in [0.25, 0.3) is 6.43 Å². The maximum absolute atomic E-state index is 13.0. The molecule has 124 valence electrons. The summed E-state index contributed by atoms with van der Waals surface area (Å²) in [6.07, 6.45) is 0.877. The van der Waals surface area contributed by atoms with Gasteiger partial charge in [-0.3, -0.25) is 9.98 Å². The second-order valence-electron chi connectivity index (χ2n) is 6.55. The van der Waals surface area contributed by atoms with Gasteiger partial charge in [-0.05, 0) is 50.5 Å². The van der Waals surface area contributed by atoms with Crippen LogP contribution in [0.15, 0.2) is 41.5 Å². The van der Waals surface area contributed by atoms with Crippen LogP contribution in [-0.2, 0) is 0 Å². The van der Waals surface area contributed by atoms with Gasteiger partial charge in [0.1, 0.15) is 17.5 Å². The van der Waals surface area contributed by atoms with Crippen molar-refractivity contribution in [2.45, 2.75) is 44.8 Å². The van der Waals surface area contributed by atoms with Crippen molar-refractivity contribution in [3.8, 4) is 5.75 Å². The smallest absolute Gasteiger partial charge is 0.280 e. The number of halogens is 2. The Balaban J connectivity index is 1.87. The van der Waals surface area contributed by atoms with Gasteiger partial charge < -0.3 is 4.74 Å². The Hall–Kier alpha value is -2.30. The Morgan fingerprint density at radius 2 is 2.00 bits per heavy atom. The summed E-state index contributed by atoms with van der Waals surface area (Å²) in [5.74, 6) is 0.781. The summed E-state index contributed by atoms with van der Waals surface area (Å²) in [7, 11) is 0. The summed E-state index contributed by atoms with van der Waals surface area (Å²) >= 11 is 0. The highest BCUT2D eigenvalue weighted by atomic mass is 19.3. The Morgan fingerprint density at radius 1 is 1.25 bits per heavy atom. The summed E-state index contributed by atoms with van der Waals surface area (Å²) in [5.41, 5.74) is 2.53. The first-order valence-corrected chi connectivity index (χ1v) is 8.11. The van der Waals surface area contributed by atoms with Crippen LogP contribution in [0.5, 0.6) is 5.75 Å². The van der Waals surface area contributed by atoms with E-state index in [1.807, 2.05) is 31.2 Å². The van der Waals surface area contributed by atoms with Crippen molar-refractivity contribution < 1.29 is 13.5 Å². The molecule has 2 aliphatic rings. The van der Waals surface area contributed by atoms with Gasteiger partial charge in [-0.15, -0.1) is 0 Å². The number of aromatic nitrogens is 1. The molecular weight excluding hydrogens is 310 g/mol. The molecule has 1 atom stereocenters. The molecule has 2 heterocycles. The van der Waals surface area contributed by atoms with Gasteiger partial charge in [-0.2, -0.15) is 0 Å². The van der Waals surface area contributed by atoms with Gasteiger partial charge in [0.05, 0.1) is 11.3 Å². The van der Waals surface area contributed by atoms with Crippen molar-refractivity contribution in [2.75, 3.05) is 0 Å². The number of ether oxygens (including phenoxy) is 1. The van der Waals surface area contributed by atoms with Gasteiger partial charge in [-0.25, -0.2) is 8.78 Å².